The van der Waals surface area contributed by atoms with Gasteiger partial charge in [0.15, 0.2) is 16.6 Å². The first-order chi connectivity index (χ1) is 15.4. The van der Waals surface area contributed by atoms with Crippen LogP contribution in [0.2, 0.25) is 0 Å². The first-order valence-electron chi connectivity index (χ1n) is 9.48. The molecule has 0 aromatic heterocycles. The Morgan fingerprint density at radius 1 is 1.00 bits per heavy atom. The molecule has 32 heavy (non-hydrogen) atoms. The van der Waals surface area contributed by atoms with Crippen molar-refractivity contribution in [1.29, 1.82) is 0 Å². The van der Waals surface area contributed by atoms with Gasteiger partial charge >= 0.3 is 6.18 Å². The number of benzene rings is 3. The highest BCUT2D eigenvalue weighted by Gasteiger charge is 2.33. The maximum absolute atomic E-state index is 13.1. The van der Waals surface area contributed by atoms with Crippen LogP contribution in [-0.2, 0) is 12.8 Å². The highest BCUT2D eigenvalue weighted by atomic mass is 32.1. The Balaban J connectivity index is 1.63. The Hall–Kier alpha value is -3.59. The van der Waals surface area contributed by atoms with Crippen molar-refractivity contribution in [2.24, 2.45) is 5.10 Å². The molecule has 3 rings (SSSR count). The van der Waals surface area contributed by atoms with Crippen molar-refractivity contribution in [3.8, 4) is 11.5 Å². The molecule has 0 bridgehead atoms. The van der Waals surface area contributed by atoms with Crippen molar-refractivity contribution in [2.45, 2.75) is 12.8 Å². The van der Waals surface area contributed by atoms with Gasteiger partial charge in [0.05, 0.1) is 24.6 Å². The summed E-state index contributed by atoms with van der Waals surface area (Å²) in [4.78, 5) is 0. The molecule has 0 aliphatic carbocycles. The van der Waals surface area contributed by atoms with E-state index in [0.29, 0.717) is 23.7 Å². The summed E-state index contributed by atoms with van der Waals surface area (Å²) < 4.78 is 50.4. The number of alkyl halides is 3. The quantitative estimate of drug-likeness (QED) is 0.273. The average molecular weight is 459 g/mol. The van der Waals surface area contributed by atoms with Gasteiger partial charge in [-0.15, -0.1) is 0 Å². The molecular formula is C23H20F3N3O2S. The average Bonchev–Trinajstić information content (AvgIpc) is 2.78. The molecule has 5 nitrogen and oxygen atoms in total. The van der Waals surface area contributed by atoms with Crippen molar-refractivity contribution in [3.05, 3.63) is 89.5 Å². The highest BCUT2D eigenvalue weighted by molar-refractivity contribution is 7.80. The van der Waals surface area contributed by atoms with E-state index in [-0.39, 0.29) is 10.8 Å². The Morgan fingerprint density at radius 3 is 2.44 bits per heavy atom. The largest absolute Gasteiger partial charge is 0.493 e. The van der Waals surface area contributed by atoms with Crippen LogP contribution in [-0.4, -0.2) is 18.4 Å². The van der Waals surface area contributed by atoms with Gasteiger partial charge in [-0.05, 0) is 53.7 Å². The fraction of sp³-hybridized carbons (Fsp3) is 0.130. The Kier molecular flexibility index (Phi) is 7.67. The zero-order valence-corrected chi connectivity index (χ0v) is 17.8. The molecule has 0 spiro atoms. The van der Waals surface area contributed by atoms with Crippen LogP contribution in [0.25, 0.3) is 0 Å². The number of methoxy groups -OCH3 is 1. The maximum Gasteiger partial charge on any atom is 0.418 e. The van der Waals surface area contributed by atoms with Crippen molar-refractivity contribution >= 4 is 29.2 Å². The number of hydrogen-bond acceptors (Lipinski definition) is 4. The number of hydrazone groups is 1. The minimum absolute atomic E-state index is 0.0768. The Morgan fingerprint density at radius 2 is 1.72 bits per heavy atom. The van der Waals surface area contributed by atoms with Gasteiger partial charge in [-0.2, -0.15) is 18.3 Å². The second kappa shape index (κ2) is 10.6. The van der Waals surface area contributed by atoms with E-state index in [0.717, 1.165) is 11.6 Å². The van der Waals surface area contributed by atoms with Gasteiger partial charge in [0.2, 0.25) is 0 Å². The topological polar surface area (TPSA) is 54.9 Å². The van der Waals surface area contributed by atoms with Gasteiger partial charge in [0.25, 0.3) is 0 Å². The van der Waals surface area contributed by atoms with Crippen molar-refractivity contribution in [2.75, 3.05) is 12.4 Å². The van der Waals surface area contributed by atoms with E-state index in [1.807, 2.05) is 30.3 Å². The van der Waals surface area contributed by atoms with E-state index in [2.05, 4.69) is 15.8 Å². The molecule has 0 unspecified atom stereocenters. The zero-order valence-electron chi connectivity index (χ0n) is 17.0. The summed E-state index contributed by atoms with van der Waals surface area (Å²) in [6, 6.07) is 20.0. The molecule has 0 amide bonds. The van der Waals surface area contributed by atoms with E-state index < -0.39 is 11.7 Å². The lowest BCUT2D eigenvalue weighted by molar-refractivity contribution is -0.136. The third-order valence-corrected chi connectivity index (χ3v) is 4.48. The number of nitrogens with zero attached hydrogens (tertiary/aromatic N) is 1. The van der Waals surface area contributed by atoms with Crippen LogP contribution >= 0.6 is 12.2 Å². The summed E-state index contributed by atoms with van der Waals surface area (Å²) in [5, 5.41) is 6.42. The summed E-state index contributed by atoms with van der Waals surface area (Å²) in [7, 11) is 1.54. The Bertz CT molecular complexity index is 1090. The van der Waals surface area contributed by atoms with E-state index in [4.69, 9.17) is 21.7 Å². The number of thiocarbonyl (C=S) groups is 1. The molecule has 0 atom stereocenters. The van der Waals surface area contributed by atoms with E-state index >= 15 is 0 Å². The van der Waals surface area contributed by atoms with Crippen LogP contribution in [0.1, 0.15) is 16.7 Å². The fourth-order valence-corrected chi connectivity index (χ4v) is 2.94. The number of anilines is 1. The molecule has 3 aromatic carbocycles. The number of para-hydroxylation sites is 1. The second-order valence-corrected chi connectivity index (χ2v) is 6.96. The Labute approximate surface area is 188 Å². The van der Waals surface area contributed by atoms with E-state index in [1.165, 1.54) is 24.4 Å². The molecular weight excluding hydrogens is 439 g/mol. The molecule has 3 aromatic rings. The monoisotopic (exact) mass is 459 g/mol. The predicted molar refractivity (Wildman–Crippen MR) is 122 cm³/mol. The van der Waals surface area contributed by atoms with Gasteiger partial charge in [0.1, 0.15) is 6.61 Å². The van der Waals surface area contributed by atoms with Crippen molar-refractivity contribution < 1.29 is 22.6 Å². The van der Waals surface area contributed by atoms with Gasteiger partial charge in [-0.3, -0.25) is 5.43 Å². The van der Waals surface area contributed by atoms with Crippen molar-refractivity contribution in [3.63, 3.8) is 0 Å². The molecule has 0 aliphatic rings. The molecule has 2 N–H and O–H groups in total. The van der Waals surface area contributed by atoms with Gasteiger partial charge < -0.3 is 14.8 Å². The summed E-state index contributed by atoms with van der Waals surface area (Å²) in [6.07, 6.45) is -3.03. The van der Waals surface area contributed by atoms with Crippen LogP contribution < -0.4 is 20.2 Å². The lowest BCUT2D eigenvalue weighted by Gasteiger charge is -2.14. The molecule has 0 aliphatic heterocycles. The van der Waals surface area contributed by atoms with Crippen LogP contribution in [0.15, 0.2) is 77.9 Å². The fourth-order valence-electron chi connectivity index (χ4n) is 2.78. The third-order valence-electron chi connectivity index (χ3n) is 4.29. The molecule has 9 heteroatoms. The van der Waals surface area contributed by atoms with Crippen molar-refractivity contribution in [1.82, 2.24) is 5.43 Å². The van der Waals surface area contributed by atoms with Gasteiger partial charge in [-0.25, -0.2) is 0 Å². The number of hydrogen-bond donors (Lipinski definition) is 2. The predicted octanol–water partition coefficient (Wildman–Crippen LogP) is 5.61. The highest BCUT2D eigenvalue weighted by Crippen LogP contribution is 2.34. The standard InChI is InChI=1S/C23H20F3N3O2S/c1-30-20-12-11-17(13-21(20)31-15-16-7-3-2-4-8-16)14-27-29-22(32)28-19-10-6-5-9-18(19)23(24,25)26/h2-14H,15H2,1H3,(H2,28,29,32). The third kappa shape index (κ3) is 6.45. The minimum Gasteiger partial charge on any atom is -0.493 e. The molecule has 0 fully saturated rings. The number of ether oxygens (including phenoxy) is 2. The molecule has 0 heterocycles. The molecule has 166 valence electrons. The van der Waals surface area contributed by atoms with E-state index in [1.54, 1.807) is 25.3 Å². The maximum atomic E-state index is 13.1. The summed E-state index contributed by atoms with van der Waals surface area (Å²) >= 11 is 5.05. The van der Waals surface area contributed by atoms with Crippen LogP contribution in [0, 0.1) is 0 Å². The molecule has 0 saturated heterocycles. The van der Waals surface area contributed by atoms with E-state index in [9.17, 15) is 13.2 Å². The smallest absolute Gasteiger partial charge is 0.418 e. The normalized spacial score (nSPS) is 11.2. The summed E-state index contributed by atoms with van der Waals surface area (Å²) in [6.45, 7) is 0.364. The van der Waals surface area contributed by atoms with Crippen LogP contribution in [0.3, 0.4) is 0 Å². The molecule has 0 saturated carbocycles. The SMILES string of the molecule is COc1ccc(C=NNC(=S)Nc2ccccc2C(F)(F)F)cc1OCc1ccccc1. The van der Waals surface area contributed by atoms with Crippen LogP contribution in [0.5, 0.6) is 11.5 Å². The number of rotatable bonds is 7. The first kappa shape index (κ1) is 23.1. The number of nitrogens with one attached hydrogen (secondary N) is 2. The van der Waals surface area contributed by atoms with Crippen LogP contribution in [0.4, 0.5) is 18.9 Å². The van der Waals surface area contributed by atoms with Gasteiger partial charge in [-0.1, -0.05) is 42.5 Å². The second-order valence-electron chi connectivity index (χ2n) is 6.55. The lowest BCUT2D eigenvalue weighted by Crippen LogP contribution is -2.25. The lowest BCUT2D eigenvalue weighted by atomic mass is 10.2. The zero-order chi connectivity index (χ0) is 23.0. The number of halogens is 3. The first-order valence-corrected chi connectivity index (χ1v) is 9.88. The molecule has 0 radical (unpaired) electrons. The summed E-state index contributed by atoms with van der Waals surface area (Å²) in [5.74, 6) is 1.09. The summed E-state index contributed by atoms with van der Waals surface area (Å²) in [5.41, 5.74) is 3.23. The minimum atomic E-state index is -4.50. The van der Waals surface area contributed by atoms with Gasteiger partial charge in [0, 0.05) is 0 Å².